The molecule has 0 bridgehead atoms. The van der Waals surface area contributed by atoms with Crippen molar-refractivity contribution in [2.75, 3.05) is 13.2 Å². The molecular weight excluding hydrogens is 354 g/mol. The van der Waals surface area contributed by atoms with Crippen LogP contribution in [-0.2, 0) is 0 Å². The van der Waals surface area contributed by atoms with Crippen molar-refractivity contribution in [3.05, 3.63) is 71.3 Å². The molecule has 0 aromatic heterocycles. The molecule has 0 saturated carbocycles. The molecule has 1 amide bonds. The highest BCUT2D eigenvalue weighted by molar-refractivity contribution is 5.97. The van der Waals surface area contributed by atoms with Gasteiger partial charge >= 0.3 is 0 Å². The van der Waals surface area contributed by atoms with Gasteiger partial charge in [0.25, 0.3) is 5.91 Å². The summed E-state index contributed by atoms with van der Waals surface area (Å²) in [6.07, 6.45) is -0.417. The number of nitrogens with one attached hydrogen (secondary N) is 1. The van der Waals surface area contributed by atoms with E-state index in [1.165, 1.54) is 0 Å². The number of aliphatic hydroxyl groups excluding tert-OH is 1. The number of benzene rings is 3. The quantitative estimate of drug-likeness (QED) is 0.726. The molecule has 1 heterocycles. The SMILES string of the molecule is Cc1c(C(=O)NC(C)c2cccc3ccccc23)ccc2c1OC(CO)CO2. The van der Waals surface area contributed by atoms with E-state index in [0.29, 0.717) is 29.2 Å². The van der Waals surface area contributed by atoms with Crippen LogP contribution in [0.5, 0.6) is 11.5 Å². The van der Waals surface area contributed by atoms with E-state index in [1.807, 2.05) is 38.1 Å². The number of hydrogen-bond donors (Lipinski definition) is 2. The largest absolute Gasteiger partial charge is 0.486 e. The number of amides is 1. The highest BCUT2D eigenvalue weighted by atomic mass is 16.6. The summed E-state index contributed by atoms with van der Waals surface area (Å²) in [7, 11) is 0. The van der Waals surface area contributed by atoms with Gasteiger partial charge in [-0.25, -0.2) is 0 Å². The zero-order valence-corrected chi connectivity index (χ0v) is 15.9. The van der Waals surface area contributed by atoms with E-state index in [-0.39, 0.29) is 18.6 Å². The fourth-order valence-corrected chi connectivity index (χ4v) is 3.63. The normalized spacial score (nSPS) is 16.6. The summed E-state index contributed by atoms with van der Waals surface area (Å²) >= 11 is 0. The van der Waals surface area contributed by atoms with E-state index < -0.39 is 6.10 Å². The van der Waals surface area contributed by atoms with Crippen molar-refractivity contribution in [2.45, 2.75) is 26.0 Å². The molecule has 0 spiro atoms. The highest BCUT2D eigenvalue weighted by Crippen LogP contribution is 2.37. The number of fused-ring (bicyclic) bond motifs is 2. The molecule has 0 fully saturated rings. The molecule has 1 aliphatic heterocycles. The van der Waals surface area contributed by atoms with Crippen molar-refractivity contribution in [1.82, 2.24) is 5.32 Å². The van der Waals surface area contributed by atoms with Crippen LogP contribution >= 0.6 is 0 Å². The van der Waals surface area contributed by atoms with Crippen LogP contribution in [0.25, 0.3) is 10.8 Å². The molecule has 1 aliphatic rings. The Morgan fingerprint density at radius 3 is 2.79 bits per heavy atom. The minimum atomic E-state index is -0.417. The first-order valence-electron chi connectivity index (χ1n) is 9.41. The average molecular weight is 377 g/mol. The lowest BCUT2D eigenvalue weighted by atomic mass is 9.99. The fraction of sp³-hybridized carbons (Fsp3) is 0.261. The predicted molar refractivity (Wildman–Crippen MR) is 108 cm³/mol. The molecule has 4 rings (SSSR count). The summed E-state index contributed by atoms with van der Waals surface area (Å²) < 4.78 is 11.4. The summed E-state index contributed by atoms with van der Waals surface area (Å²) in [5.41, 5.74) is 2.31. The Morgan fingerprint density at radius 2 is 1.96 bits per heavy atom. The van der Waals surface area contributed by atoms with Gasteiger partial charge in [-0.15, -0.1) is 0 Å². The van der Waals surface area contributed by atoms with Gasteiger partial charge in [0.15, 0.2) is 17.6 Å². The van der Waals surface area contributed by atoms with E-state index in [1.54, 1.807) is 12.1 Å². The fourth-order valence-electron chi connectivity index (χ4n) is 3.63. The zero-order valence-electron chi connectivity index (χ0n) is 15.9. The lowest BCUT2D eigenvalue weighted by Gasteiger charge is -2.27. The van der Waals surface area contributed by atoms with E-state index in [4.69, 9.17) is 9.47 Å². The first-order chi connectivity index (χ1) is 13.6. The number of carbonyl (C=O) groups excluding carboxylic acids is 1. The van der Waals surface area contributed by atoms with E-state index >= 15 is 0 Å². The van der Waals surface area contributed by atoms with Crippen molar-refractivity contribution in [1.29, 1.82) is 0 Å². The second-order valence-corrected chi connectivity index (χ2v) is 7.06. The minimum absolute atomic E-state index is 0.132. The van der Waals surface area contributed by atoms with E-state index in [9.17, 15) is 9.90 Å². The maximum atomic E-state index is 13.0. The Kier molecular flexibility index (Phi) is 4.92. The molecule has 2 N–H and O–H groups in total. The summed E-state index contributed by atoms with van der Waals surface area (Å²) in [5, 5.41) is 14.7. The number of aliphatic hydroxyl groups is 1. The number of hydrogen-bond acceptors (Lipinski definition) is 4. The molecule has 5 heteroatoms. The summed E-state index contributed by atoms with van der Waals surface area (Å²) in [5.74, 6) is 0.951. The number of carbonyl (C=O) groups is 1. The first kappa shape index (κ1) is 18.3. The molecule has 2 atom stereocenters. The van der Waals surface area contributed by atoms with Crippen LogP contribution < -0.4 is 14.8 Å². The van der Waals surface area contributed by atoms with Gasteiger partial charge in [-0.05, 0) is 42.3 Å². The van der Waals surface area contributed by atoms with Crippen LogP contribution in [0, 0.1) is 6.92 Å². The number of rotatable bonds is 4. The van der Waals surface area contributed by atoms with Crippen molar-refractivity contribution in [3.8, 4) is 11.5 Å². The van der Waals surface area contributed by atoms with Crippen molar-refractivity contribution in [2.24, 2.45) is 0 Å². The lowest BCUT2D eigenvalue weighted by Crippen LogP contribution is -2.33. The van der Waals surface area contributed by atoms with Crippen molar-refractivity contribution in [3.63, 3.8) is 0 Å². The van der Waals surface area contributed by atoms with Crippen LogP contribution in [0.4, 0.5) is 0 Å². The molecule has 3 aromatic rings. The Morgan fingerprint density at radius 1 is 1.18 bits per heavy atom. The van der Waals surface area contributed by atoms with Gasteiger partial charge in [-0.1, -0.05) is 42.5 Å². The lowest BCUT2D eigenvalue weighted by molar-refractivity contribution is 0.0448. The Bertz CT molecular complexity index is 1030. The summed E-state index contributed by atoms with van der Waals surface area (Å²) in [6, 6.07) is 17.6. The molecule has 0 aliphatic carbocycles. The van der Waals surface area contributed by atoms with Crippen LogP contribution in [0.1, 0.15) is 34.5 Å². The summed E-state index contributed by atoms with van der Waals surface area (Å²) in [6.45, 7) is 3.98. The minimum Gasteiger partial charge on any atom is -0.486 e. The van der Waals surface area contributed by atoms with Gasteiger partial charge in [0.05, 0.1) is 12.6 Å². The second-order valence-electron chi connectivity index (χ2n) is 7.06. The van der Waals surface area contributed by atoms with E-state index in [0.717, 1.165) is 16.3 Å². The average Bonchev–Trinajstić information content (AvgIpc) is 2.73. The molecule has 28 heavy (non-hydrogen) atoms. The molecule has 144 valence electrons. The van der Waals surface area contributed by atoms with Gasteiger partial charge < -0.3 is 19.9 Å². The van der Waals surface area contributed by atoms with Crippen LogP contribution in [-0.4, -0.2) is 30.3 Å². The monoisotopic (exact) mass is 377 g/mol. The molecular formula is C23H23NO4. The van der Waals surface area contributed by atoms with Crippen LogP contribution in [0.15, 0.2) is 54.6 Å². The predicted octanol–water partition coefficient (Wildman–Crippen LogP) is 3.77. The standard InChI is InChI=1S/C23H23NO4/c1-14-18(10-11-21-22(14)28-17(12-25)13-27-21)23(26)24-15(2)19-9-5-7-16-6-3-4-8-20(16)19/h3-11,15,17,25H,12-13H2,1-2H3,(H,24,26). The molecule has 0 radical (unpaired) electrons. The highest BCUT2D eigenvalue weighted by Gasteiger charge is 2.25. The Balaban J connectivity index is 1.60. The number of ether oxygens (including phenoxy) is 2. The maximum absolute atomic E-state index is 13.0. The Hall–Kier alpha value is -3.05. The van der Waals surface area contributed by atoms with Gasteiger partial charge in [0.2, 0.25) is 0 Å². The summed E-state index contributed by atoms with van der Waals surface area (Å²) in [4.78, 5) is 13.0. The van der Waals surface area contributed by atoms with Crippen molar-refractivity contribution >= 4 is 16.7 Å². The van der Waals surface area contributed by atoms with Crippen LogP contribution in [0.3, 0.4) is 0 Å². The zero-order chi connectivity index (χ0) is 19.7. The van der Waals surface area contributed by atoms with Crippen molar-refractivity contribution < 1.29 is 19.4 Å². The molecule has 2 unspecified atom stereocenters. The van der Waals surface area contributed by atoms with Gasteiger partial charge in [0.1, 0.15) is 6.61 Å². The third-order valence-electron chi connectivity index (χ3n) is 5.16. The topological polar surface area (TPSA) is 67.8 Å². The van der Waals surface area contributed by atoms with Gasteiger partial charge in [-0.3, -0.25) is 4.79 Å². The third kappa shape index (κ3) is 3.29. The first-order valence-corrected chi connectivity index (χ1v) is 9.41. The van der Waals surface area contributed by atoms with Gasteiger partial charge in [0, 0.05) is 11.1 Å². The molecule has 5 nitrogen and oxygen atoms in total. The smallest absolute Gasteiger partial charge is 0.252 e. The molecule has 3 aromatic carbocycles. The Labute approximate surface area is 163 Å². The molecule has 0 saturated heterocycles. The maximum Gasteiger partial charge on any atom is 0.252 e. The van der Waals surface area contributed by atoms with E-state index in [2.05, 4.69) is 23.5 Å². The van der Waals surface area contributed by atoms with Gasteiger partial charge in [-0.2, -0.15) is 0 Å². The second kappa shape index (κ2) is 7.52. The third-order valence-corrected chi connectivity index (χ3v) is 5.16. The van der Waals surface area contributed by atoms with Crippen LogP contribution in [0.2, 0.25) is 0 Å².